The molecule has 206 valence electrons. The Bertz CT molecular complexity index is 1440. The van der Waals surface area contributed by atoms with Gasteiger partial charge in [-0.25, -0.2) is 9.97 Å². The number of carbonyl (C=O) groups excluding carboxylic acids is 1. The van der Waals surface area contributed by atoms with Crippen molar-refractivity contribution in [2.24, 2.45) is 5.41 Å². The Morgan fingerprint density at radius 2 is 1.73 bits per heavy atom. The second-order valence-corrected chi connectivity index (χ2v) is 11.7. The number of nitrogens with one attached hydrogen (secondary N) is 1. The third-order valence-corrected chi connectivity index (χ3v) is 7.18. The SMILES string of the molecule is Cc1ccc(C(=O)Nc2ccc(N3CCN(CC(C)(C)C)CC3)cc2)cc1Cc1nccc(-c2cccnc2)n1. The summed E-state index contributed by atoms with van der Waals surface area (Å²) in [5.41, 5.74) is 6.82. The summed E-state index contributed by atoms with van der Waals surface area (Å²) in [4.78, 5) is 31.5. The van der Waals surface area contributed by atoms with E-state index in [0.29, 0.717) is 23.2 Å². The van der Waals surface area contributed by atoms with Crippen molar-refractivity contribution in [1.82, 2.24) is 19.9 Å². The zero-order valence-corrected chi connectivity index (χ0v) is 23.9. The molecule has 7 heteroatoms. The lowest BCUT2D eigenvalue weighted by molar-refractivity contribution is 0.102. The summed E-state index contributed by atoms with van der Waals surface area (Å²) in [5.74, 6) is 0.576. The van der Waals surface area contributed by atoms with Crippen molar-refractivity contribution in [3.8, 4) is 11.3 Å². The number of aromatic nitrogens is 3. The molecule has 1 fully saturated rings. The van der Waals surface area contributed by atoms with E-state index in [0.717, 1.165) is 60.8 Å². The Morgan fingerprint density at radius 3 is 2.42 bits per heavy atom. The first kappa shape index (κ1) is 27.5. The molecule has 0 saturated carbocycles. The van der Waals surface area contributed by atoms with E-state index in [4.69, 9.17) is 4.98 Å². The topological polar surface area (TPSA) is 74.2 Å². The fraction of sp³-hybridized carbons (Fsp3) is 0.333. The van der Waals surface area contributed by atoms with Crippen LogP contribution in [-0.2, 0) is 6.42 Å². The number of hydrogen-bond donors (Lipinski definition) is 1. The van der Waals surface area contributed by atoms with Gasteiger partial charge in [0.1, 0.15) is 5.82 Å². The molecule has 0 spiro atoms. The van der Waals surface area contributed by atoms with E-state index in [-0.39, 0.29) is 5.91 Å². The van der Waals surface area contributed by atoms with E-state index < -0.39 is 0 Å². The monoisotopic (exact) mass is 534 g/mol. The molecular formula is C33H38N6O. The minimum atomic E-state index is -0.130. The molecule has 2 aromatic heterocycles. The molecule has 3 heterocycles. The van der Waals surface area contributed by atoms with Crippen LogP contribution in [0.5, 0.6) is 0 Å². The smallest absolute Gasteiger partial charge is 0.255 e. The summed E-state index contributed by atoms with van der Waals surface area (Å²) >= 11 is 0. The number of carbonyl (C=O) groups is 1. The normalized spacial score (nSPS) is 14.2. The van der Waals surface area contributed by atoms with Gasteiger partial charge in [0, 0.05) is 80.2 Å². The van der Waals surface area contributed by atoms with E-state index in [1.54, 1.807) is 18.6 Å². The molecule has 0 atom stereocenters. The third kappa shape index (κ3) is 7.10. The predicted molar refractivity (Wildman–Crippen MR) is 162 cm³/mol. The van der Waals surface area contributed by atoms with E-state index in [1.165, 1.54) is 5.69 Å². The molecule has 4 aromatic rings. The summed E-state index contributed by atoms with van der Waals surface area (Å²) in [6.45, 7) is 14.2. The van der Waals surface area contributed by atoms with Gasteiger partial charge >= 0.3 is 0 Å². The van der Waals surface area contributed by atoms with Crippen LogP contribution in [0.15, 0.2) is 79.3 Å². The van der Waals surface area contributed by atoms with Gasteiger partial charge in [0.25, 0.3) is 5.91 Å². The van der Waals surface area contributed by atoms with Crippen molar-refractivity contribution >= 4 is 17.3 Å². The first-order chi connectivity index (χ1) is 19.2. The highest BCUT2D eigenvalue weighted by molar-refractivity contribution is 6.04. The van der Waals surface area contributed by atoms with Crippen LogP contribution < -0.4 is 10.2 Å². The number of benzene rings is 2. The first-order valence-corrected chi connectivity index (χ1v) is 13.9. The molecule has 1 aliphatic rings. The predicted octanol–water partition coefficient (Wildman–Crippen LogP) is 5.86. The highest BCUT2D eigenvalue weighted by Crippen LogP contribution is 2.23. The Hall–Kier alpha value is -4.10. The van der Waals surface area contributed by atoms with Crippen LogP contribution >= 0.6 is 0 Å². The van der Waals surface area contributed by atoms with Gasteiger partial charge in [0.15, 0.2) is 0 Å². The summed E-state index contributed by atoms with van der Waals surface area (Å²) in [6, 6.07) is 19.7. The van der Waals surface area contributed by atoms with Gasteiger partial charge in [0.2, 0.25) is 0 Å². The number of nitrogens with zero attached hydrogens (tertiary/aromatic N) is 5. The Labute approximate surface area is 237 Å². The number of anilines is 2. The van der Waals surface area contributed by atoms with Gasteiger partial charge in [-0.1, -0.05) is 26.8 Å². The maximum absolute atomic E-state index is 13.1. The second kappa shape index (κ2) is 12.0. The Balaban J connectivity index is 1.21. The quantitative estimate of drug-likeness (QED) is 0.320. The molecular weight excluding hydrogens is 496 g/mol. The molecule has 0 aliphatic carbocycles. The van der Waals surface area contributed by atoms with E-state index >= 15 is 0 Å². The van der Waals surface area contributed by atoms with Gasteiger partial charge in [-0.15, -0.1) is 0 Å². The van der Waals surface area contributed by atoms with Crippen LogP contribution in [0.25, 0.3) is 11.3 Å². The van der Waals surface area contributed by atoms with Crippen LogP contribution in [0.3, 0.4) is 0 Å². The van der Waals surface area contributed by atoms with E-state index in [1.807, 2.05) is 55.5 Å². The lowest BCUT2D eigenvalue weighted by Gasteiger charge is -2.38. The molecule has 1 amide bonds. The van der Waals surface area contributed by atoms with Gasteiger partial charge in [-0.05, 0) is 78.1 Å². The van der Waals surface area contributed by atoms with E-state index in [2.05, 4.69) is 58.0 Å². The molecule has 2 aromatic carbocycles. The van der Waals surface area contributed by atoms with Gasteiger partial charge in [0.05, 0.1) is 5.69 Å². The van der Waals surface area contributed by atoms with Crippen LogP contribution in [0, 0.1) is 12.3 Å². The van der Waals surface area contributed by atoms with E-state index in [9.17, 15) is 4.79 Å². The van der Waals surface area contributed by atoms with Gasteiger partial charge < -0.3 is 10.2 Å². The highest BCUT2D eigenvalue weighted by Gasteiger charge is 2.21. The summed E-state index contributed by atoms with van der Waals surface area (Å²) in [7, 11) is 0. The van der Waals surface area contributed by atoms with Gasteiger partial charge in [-0.3, -0.25) is 14.7 Å². The number of rotatable bonds is 7. The van der Waals surface area contributed by atoms with Crippen molar-refractivity contribution in [1.29, 1.82) is 0 Å². The van der Waals surface area contributed by atoms with Crippen molar-refractivity contribution in [3.05, 3.63) is 102 Å². The fourth-order valence-electron chi connectivity index (χ4n) is 5.13. The Kier molecular flexibility index (Phi) is 8.21. The number of amides is 1. The number of aryl methyl sites for hydroxylation is 1. The lowest BCUT2D eigenvalue weighted by atomic mass is 9.96. The molecule has 1 saturated heterocycles. The average molecular weight is 535 g/mol. The molecule has 5 rings (SSSR count). The number of hydrogen-bond acceptors (Lipinski definition) is 6. The molecule has 1 aliphatic heterocycles. The highest BCUT2D eigenvalue weighted by atomic mass is 16.1. The van der Waals surface area contributed by atoms with Crippen LogP contribution in [0.1, 0.15) is 48.1 Å². The molecule has 1 N–H and O–H groups in total. The second-order valence-electron chi connectivity index (χ2n) is 11.7. The number of piperazine rings is 1. The van der Waals surface area contributed by atoms with Crippen molar-refractivity contribution in [2.75, 3.05) is 42.9 Å². The molecule has 0 radical (unpaired) electrons. The third-order valence-electron chi connectivity index (χ3n) is 7.18. The summed E-state index contributed by atoms with van der Waals surface area (Å²) in [5, 5.41) is 3.06. The first-order valence-electron chi connectivity index (χ1n) is 13.9. The van der Waals surface area contributed by atoms with Crippen molar-refractivity contribution in [3.63, 3.8) is 0 Å². The average Bonchev–Trinajstić information content (AvgIpc) is 2.95. The fourth-order valence-corrected chi connectivity index (χ4v) is 5.13. The largest absolute Gasteiger partial charge is 0.369 e. The molecule has 0 bridgehead atoms. The van der Waals surface area contributed by atoms with Crippen LogP contribution in [-0.4, -0.2) is 58.5 Å². The minimum Gasteiger partial charge on any atom is -0.369 e. The molecule has 40 heavy (non-hydrogen) atoms. The Morgan fingerprint density at radius 1 is 0.950 bits per heavy atom. The maximum atomic E-state index is 13.1. The zero-order valence-electron chi connectivity index (χ0n) is 23.9. The number of pyridine rings is 1. The minimum absolute atomic E-state index is 0.130. The van der Waals surface area contributed by atoms with Crippen molar-refractivity contribution < 1.29 is 4.79 Å². The standard InChI is InChI=1S/C33H38N6O/c1-24-7-8-25(20-27(24)21-31-35-15-13-30(37-31)26-6-5-14-34-22-26)32(40)36-28-9-11-29(12-10-28)39-18-16-38(17-19-39)23-33(2,3)4/h5-15,20,22H,16-19,21,23H2,1-4H3,(H,36,40). The van der Waals surface area contributed by atoms with Crippen LogP contribution in [0.4, 0.5) is 11.4 Å². The summed E-state index contributed by atoms with van der Waals surface area (Å²) < 4.78 is 0. The van der Waals surface area contributed by atoms with Crippen molar-refractivity contribution in [2.45, 2.75) is 34.1 Å². The van der Waals surface area contributed by atoms with Crippen LogP contribution in [0.2, 0.25) is 0 Å². The summed E-state index contributed by atoms with van der Waals surface area (Å²) in [6.07, 6.45) is 5.85. The molecule has 0 unspecified atom stereocenters. The van der Waals surface area contributed by atoms with Gasteiger partial charge in [-0.2, -0.15) is 0 Å². The maximum Gasteiger partial charge on any atom is 0.255 e. The molecule has 7 nitrogen and oxygen atoms in total. The zero-order chi connectivity index (χ0) is 28.1. The lowest BCUT2D eigenvalue weighted by Crippen LogP contribution is -2.48.